The van der Waals surface area contributed by atoms with Crippen LogP contribution < -0.4 is 0 Å². The number of esters is 4. The number of unbranched alkanes of at least 4 members (excludes halogenated alkanes) is 16. The summed E-state index contributed by atoms with van der Waals surface area (Å²) in [5, 5.41) is 0. The second-order valence-electron chi connectivity index (χ2n) is 9.35. The Labute approximate surface area is 207 Å². The van der Waals surface area contributed by atoms with Gasteiger partial charge in [-0.05, 0) is 12.8 Å². The van der Waals surface area contributed by atoms with E-state index in [-0.39, 0.29) is 25.7 Å². The molecular weight excluding hydrogens is 432 g/mol. The van der Waals surface area contributed by atoms with Crippen molar-refractivity contribution in [3.63, 3.8) is 0 Å². The standard InChI is InChI=1S/C28H50O6/c1-3-5-7-9-11-13-15-17-19-21-25(29)33-27(31)23-24-28(32)34-26(30)22-20-18-16-14-12-10-8-6-4-2/h3-24H2,1-2H3. The number of carbonyl (C=O) groups is 4. The smallest absolute Gasteiger partial charge is 0.314 e. The second kappa shape index (κ2) is 24.4. The molecule has 0 spiro atoms. The van der Waals surface area contributed by atoms with Crippen molar-refractivity contribution in [2.75, 3.05) is 0 Å². The van der Waals surface area contributed by atoms with E-state index in [0.717, 1.165) is 25.7 Å². The molecule has 0 aromatic rings. The SMILES string of the molecule is CCCCCCCCCCCC(=O)OC(=O)CCC(=O)OC(=O)CCCCCCCCCCC. The molecule has 0 aromatic heterocycles. The summed E-state index contributed by atoms with van der Waals surface area (Å²) in [6.45, 7) is 4.41. The number of hydrogen-bond donors (Lipinski definition) is 0. The molecule has 0 bridgehead atoms. The average Bonchev–Trinajstić information content (AvgIpc) is 2.80. The minimum Gasteiger partial charge on any atom is -0.393 e. The van der Waals surface area contributed by atoms with Crippen molar-refractivity contribution in [2.45, 2.75) is 155 Å². The van der Waals surface area contributed by atoms with E-state index in [9.17, 15) is 19.2 Å². The van der Waals surface area contributed by atoms with Crippen LogP contribution in [-0.2, 0) is 28.7 Å². The van der Waals surface area contributed by atoms with Crippen molar-refractivity contribution in [2.24, 2.45) is 0 Å². The predicted molar refractivity (Wildman–Crippen MR) is 135 cm³/mol. The minimum atomic E-state index is -0.746. The van der Waals surface area contributed by atoms with Crippen LogP contribution in [0.2, 0.25) is 0 Å². The number of ether oxygens (including phenoxy) is 2. The highest BCUT2D eigenvalue weighted by molar-refractivity contribution is 5.89. The van der Waals surface area contributed by atoms with Crippen molar-refractivity contribution in [3.05, 3.63) is 0 Å². The molecule has 0 amide bonds. The summed E-state index contributed by atoms with van der Waals surface area (Å²) in [5.74, 6) is -2.60. The van der Waals surface area contributed by atoms with Gasteiger partial charge in [-0.3, -0.25) is 19.2 Å². The highest BCUT2D eigenvalue weighted by atomic mass is 16.6. The van der Waals surface area contributed by atoms with E-state index in [4.69, 9.17) is 9.47 Å². The van der Waals surface area contributed by atoms with Gasteiger partial charge in [0.1, 0.15) is 0 Å². The van der Waals surface area contributed by atoms with E-state index < -0.39 is 23.9 Å². The van der Waals surface area contributed by atoms with E-state index in [1.54, 1.807) is 0 Å². The summed E-state index contributed by atoms with van der Waals surface area (Å²) in [4.78, 5) is 46.9. The Morgan fingerprint density at radius 1 is 0.353 bits per heavy atom. The van der Waals surface area contributed by atoms with Gasteiger partial charge in [0, 0.05) is 12.8 Å². The van der Waals surface area contributed by atoms with Crippen LogP contribution in [0, 0.1) is 0 Å². The van der Waals surface area contributed by atoms with Crippen LogP contribution in [0.4, 0.5) is 0 Å². The molecule has 0 saturated heterocycles. The van der Waals surface area contributed by atoms with Gasteiger partial charge < -0.3 is 9.47 Å². The lowest BCUT2D eigenvalue weighted by Crippen LogP contribution is -2.16. The Morgan fingerprint density at radius 2 is 0.588 bits per heavy atom. The Balaban J connectivity index is 3.61. The molecule has 34 heavy (non-hydrogen) atoms. The molecule has 0 aliphatic rings. The molecule has 0 N–H and O–H groups in total. The Morgan fingerprint density at radius 3 is 0.882 bits per heavy atom. The number of carbonyl (C=O) groups excluding carboxylic acids is 4. The molecule has 0 aliphatic carbocycles. The molecule has 0 aromatic carbocycles. The largest absolute Gasteiger partial charge is 0.393 e. The van der Waals surface area contributed by atoms with Crippen LogP contribution in [0.25, 0.3) is 0 Å². The van der Waals surface area contributed by atoms with Gasteiger partial charge in [0.25, 0.3) is 0 Å². The highest BCUT2D eigenvalue weighted by Crippen LogP contribution is 2.12. The molecule has 198 valence electrons. The van der Waals surface area contributed by atoms with Crippen LogP contribution in [-0.4, -0.2) is 23.9 Å². The van der Waals surface area contributed by atoms with E-state index in [1.807, 2.05) is 0 Å². The molecule has 6 heteroatoms. The monoisotopic (exact) mass is 482 g/mol. The molecule has 0 unspecified atom stereocenters. The molecule has 0 radical (unpaired) electrons. The van der Waals surface area contributed by atoms with Crippen LogP contribution >= 0.6 is 0 Å². The lowest BCUT2D eigenvalue weighted by atomic mass is 10.1. The summed E-state index contributed by atoms with van der Waals surface area (Å²) in [6.07, 6.45) is 20.5. The molecule has 0 heterocycles. The van der Waals surface area contributed by atoms with Gasteiger partial charge in [-0.2, -0.15) is 0 Å². The molecule has 0 atom stereocenters. The van der Waals surface area contributed by atoms with Gasteiger partial charge in [-0.1, -0.05) is 117 Å². The first-order valence-electron chi connectivity index (χ1n) is 14.0. The first kappa shape index (κ1) is 32.3. The van der Waals surface area contributed by atoms with Gasteiger partial charge in [0.05, 0.1) is 12.8 Å². The Bertz CT molecular complexity index is 495. The van der Waals surface area contributed by atoms with Crippen molar-refractivity contribution >= 4 is 23.9 Å². The third-order valence-electron chi connectivity index (χ3n) is 5.96. The van der Waals surface area contributed by atoms with E-state index in [0.29, 0.717) is 12.8 Å². The molecule has 0 saturated carbocycles. The molecule has 0 rings (SSSR count). The van der Waals surface area contributed by atoms with Gasteiger partial charge in [0.2, 0.25) is 0 Å². The molecule has 0 aliphatic heterocycles. The van der Waals surface area contributed by atoms with E-state index >= 15 is 0 Å². The topological polar surface area (TPSA) is 86.7 Å². The van der Waals surface area contributed by atoms with Crippen molar-refractivity contribution in [1.82, 2.24) is 0 Å². The summed E-state index contributed by atoms with van der Waals surface area (Å²) < 4.78 is 9.48. The lowest BCUT2D eigenvalue weighted by molar-refractivity contribution is -0.165. The maximum atomic E-state index is 11.7. The van der Waals surface area contributed by atoms with Crippen molar-refractivity contribution < 1.29 is 28.7 Å². The number of hydrogen-bond acceptors (Lipinski definition) is 6. The number of rotatable bonds is 23. The second-order valence-corrected chi connectivity index (χ2v) is 9.35. The molecule has 6 nitrogen and oxygen atoms in total. The van der Waals surface area contributed by atoms with Gasteiger partial charge in [0.15, 0.2) is 0 Å². The highest BCUT2D eigenvalue weighted by Gasteiger charge is 2.15. The third kappa shape index (κ3) is 23.4. The van der Waals surface area contributed by atoms with Crippen LogP contribution in [0.5, 0.6) is 0 Å². The lowest BCUT2D eigenvalue weighted by Gasteiger charge is -2.05. The molecular formula is C28H50O6. The Hall–Kier alpha value is -1.72. The van der Waals surface area contributed by atoms with Crippen molar-refractivity contribution in [1.29, 1.82) is 0 Å². The zero-order valence-corrected chi connectivity index (χ0v) is 22.0. The quantitative estimate of drug-likeness (QED) is 0.0840. The fraction of sp³-hybridized carbons (Fsp3) is 0.857. The normalized spacial score (nSPS) is 10.8. The van der Waals surface area contributed by atoms with Crippen molar-refractivity contribution in [3.8, 4) is 0 Å². The summed E-state index contributed by atoms with van der Waals surface area (Å²) in [7, 11) is 0. The maximum absolute atomic E-state index is 11.7. The van der Waals surface area contributed by atoms with Gasteiger partial charge in [-0.15, -0.1) is 0 Å². The zero-order chi connectivity index (χ0) is 25.3. The fourth-order valence-electron chi connectivity index (χ4n) is 3.82. The van der Waals surface area contributed by atoms with Crippen LogP contribution in [0.1, 0.15) is 155 Å². The van der Waals surface area contributed by atoms with Gasteiger partial charge in [-0.25, -0.2) is 0 Å². The predicted octanol–water partition coefficient (Wildman–Crippen LogP) is 7.75. The fourth-order valence-corrected chi connectivity index (χ4v) is 3.82. The van der Waals surface area contributed by atoms with E-state index in [2.05, 4.69) is 13.8 Å². The summed E-state index contributed by atoms with van der Waals surface area (Å²) >= 11 is 0. The maximum Gasteiger partial charge on any atom is 0.314 e. The van der Waals surface area contributed by atoms with Gasteiger partial charge >= 0.3 is 23.9 Å². The van der Waals surface area contributed by atoms with E-state index in [1.165, 1.54) is 77.0 Å². The average molecular weight is 483 g/mol. The van der Waals surface area contributed by atoms with Crippen LogP contribution in [0.15, 0.2) is 0 Å². The minimum absolute atomic E-state index is 0.212. The first-order valence-corrected chi connectivity index (χ1v) is 14.0. The van der Waals surface area contributed by atoms with Crippen LogP contribution in [0.3, 0.4) is 0 Å². The summed E-state index contributed by atoms with van der Waals surface area (Å²) in [6, 6.07) is 0. The molecule has 0 fully saturated rings. The first-order chi connectivity index (χ1) is 16.5. The third-order valence-corrected chi connectivity index (χ3v) is 5.96. The Kier molecular flexibility index (Phi) is 23.2. The zero-order valence-electron chi connectivity index (χ0n) is 22.0. The summed E-state index contributed by atoms with van der Waals surface area (Å²) in [5.41, 5.74) is 0.